The third-order valence-corrected chi connectivity index (χ3v) is 2.14. The van der Waals surface area contributed by atoms with Crippen molar-refractivity contribution in [2.75, 3.05) is 19.6 Å². The number of carbonyl (C=O) groups excluding carboxylic acids is 1. The zero-order valence-corrected chi connectivity index (χ0v) is 7.34. The number of aliphatic hydroxyl groups excluding tert-OH is 1. The summed E-state index contributed by atoms with van der Waals surface area (Å²) >= 11 is 0. The summed E-state index contributed by atoms with van der Waals surface area (Å²) in [5.74, 6) is 0.176. The first kappa shape index (κ1) is 9.48. The molecule has 0 aromatic heterocycles. The van der Waals surface area contributed by atoms with Crippen molar-refractivity contribution in [2.45, 2.75) is 19.4 Å². The Hall–Kier alpha value is -0.610. The quantitative estimate of drug-likeness (QED) is 0.514. The lowest BCUT2D eigenvalue weighted by Crippen LogP contribution is -2.51. The molecule has 1 atom stereocenters. The van der Waals surface area contributed by atoms with Gasteiger partial charge in [0.1, 0.15) is 0 Å². The normalized spacial score (nSPS) is 19.8. The van der Waals surface area contributed by atoms with Crippen molar-refractivity contribution in [1.29, 1.82) is 0 Å². The van der Waals surface area contributed by atoms with E-state index in [1.54, 1.807) is 0 Å². The van der Waals surface area contributed by atoms with Gasteiger partial charge in [-0.2, -0.15) is 0 Å². The molecule has 1 unspecified atom stereocenters. The fourth-order valence-electron chi connectivity index (χ4n) is 0.981. The predicted molar refractivity (Wildman–Crippen MR) is 45.7 cm³/mol. The molecule has 1 saturated heterocycles. The van der Waals surface area contributed by atoms with Gasteiger partial charge in [-0.25, -0.2) is 0 Å². The Kier molecular flexibility index (Phi) is 3.49. The van der Waals surface area contributed by atoms with Crippen LogP contribution in [0.15, 0.2) is 0 Å². The monoisotopic (exact) mass is 172 g/mol. The van der Waals surface area contributed by atoms with Crippen LogP contribution in [-0.2, 0) is 4.79 Å². The first-order valence-corrected chi connectivity index (χ1v) is 4.40. The Balaban J connectivity index is 2.09. The molecule has 4 heteroatoms. The Morgan fingerprint density at radius 3 is 2.83 bits per heavy atom. The van der Waals surface area contributed by atoms with Crippen LogP contribution < -0.4 is 10.6 Å². The Bertz CT molecular complexity index is 157. The maximum absolute atomic E-state index is 11.2. The van der Waals surface area contributed by atoms with E-state index in [0.717, 1.165) is 13.1 Å². The lowest BCUT2D eigenvalue weighted by Gasteiger charge is -2.26. The van der Waals surface area contributed by atoms with Gasteiger partial charge in [-0.3, -0.25) is 4.79 Å². The number of nitrogens with one attached hydrogen (secondary N) is 2. The van der Waals surface area contributed by atoms with Crippen molar-refractivity contribution in [3.63, 3.8) is 0 Å². The molecule has 70 valence electrons. The molecule has 1 heterocycles. The van der Waals surface area contributed by atoms with Crippen LogP contribution in [0.3, 0.4) is 0 Å². The van der Waals surface area contributed by atoms with E-state index in [0.29, 0.717) is 13.0 Å². The van der Waals surface area contributed by atoms with Gasteiger partial charge in [-0.15, -0.1) is 0 Å². The van der Waals surface area contributed by atoms with Crippen LogP contribution in [0.25, 0.3) is 0 Å². The first-order valence-electron chi connectivity index (χ1n) is 4.40. The number of carbonyl (C=O) groups is 1. The van der Waals surface area contributed by atoms with Gasteiger partial charge in [-0.1, -0.05) is 6.92 Å². The summed E-state index contributed by atoms with van der Waals surface area (Å²) in [5, 5.41) is 14.9. The SMILES string of the molecule is CCC(O)CNC(=O)C1CNC1. The molecule has 4 nitrogen and oxygen atoms in total. The number of rotatable bonds is 4. The van der Waals surface area contributed by atoms with E-state index in [-0.39, 0.29) is 11.8 Å². The molecule has 1 aliphatic heterocycles. The summed E-state index contributed by atoms with van der Waals surface area (Å²) in [4.78, 5) is 11.2. The van der Waals surface area contributed by atoms with Crippen molar-refractivity contribution < 1.29 is 9.90 Å². The highest BCUT2D eigenvalue weighted by Crippen LogP contribution is 2.01. The van der Waals surface area contributed by atoms with E-state index in [2.05, 4.69) is 10.6 Å². The van der Waals surface area contributed by atoms with Gasteiger partial charge in [0.05, 0.1) is 12.0 Å². The molecule has 1 aliphatic rings. The van der Waals surface area contributed by atoms with E-state index in [9.17, 15) is 4.79 Å². The second kappa shape index (κ2) is 4.42. The van der Waals surface area contributed by atoms with Crippen molar-refractivity contribution in [3.8, 4) is 0 Å². The molecule has 0 aromatic rings. The topological polar surface area (TPSA) is 61.4 Å². The average Bonchev–Trinajstić information content (AvgIpc) is 1.97. The van der Waals surface area contributed by atoms with E-state index < -0.39 is 6.10 Å². The number of aliphatic hydroxyl groups is 1. The van der Waals surface area contributed by atoms with Crippen LogP contribution in [0.5, 0.6) is 0 Å². The molecular weight excluding hydrogens is 156 g/mol. The fraction of sp³-hybridized carbons (Fsp3) is 0.875. The molecule has 0 bridgehead atoms. The third kappa shape index (κ3) is 2.46. The van der Waals surface area contributed by atoms with E-state index in [1.165, 1.54) is 0 Å². The lowest BCUT2D eigenvalue weighted by atomic mass is 10.0. The van der Waals surface area contributed by atoms with Crippen molar-refractivity contribution >= 4 is 5.91 Å². The molecule has 0 saturated carbocycles. The highest BCUT2D eigenvalue weighted by atomic mass is 16.3. The first-order chi connectivity index (χ1) is 5.74. The minimum atomic E-state index is -0.401. The Morgan fingerprint density at radius 2 is 2.42 bits per heavy atom. The molecule has 3 N–H and O–H groups in total. The Labute approximate surface area is 72.3 Å². The average molecular weight is 172 g/mol. The zero-order chi connectivity index (χ0) is 8.97. The predicted octanol–water partition coefficient (Wildman–Crippen LogP) is -0.907. The molecular formula is C8H16N2O2. The van der Waals surface area contributed by atoms with Gasteiger partial charge in [0.25, 0.3) is 0 Å². The highest BCUT2D eigenvalue weighted by molar-refractivity contribution is 5.79. The van der Waals surface area contributed by atoms with Gasteiger partial charge < -0.3 is 15.7 Å². The number of hydrogen-bond acceptors (Lipinski definition) is 3. The van der Waals surface area contributed by atoms with Crippen LogP contribution in [0.1, 0.15) is 13.3 Å². The largest absolute Gasteiger partial charge is 0.391 e. The lowest BCUT2D eigenvalue weighted by molar-refractivity contribution is -0.126. The van der Waals surface area contributed by atoms with Crippen molar-refractivity contribution in [1.82, 2.24) is 10.6 Å². The maximum atomic E-state index is 11.2. The summed E-state index contributed by atoms with van der Waals surface area (Å²) in [5.41, 5.74) is 0. The molecule has 1 amide bonds. The van der Waals surface area contributed by atoms with Gasteiger partial charge in [0.2, 0.25) is 5.91 Å². The second-order valence-electron chi connectivity index (χ2n) is 3.16. The zero-order valence-electron chi connectivity index (χ0n) is 7.34. The van der Waals surface area contributed by atoms with Gasteiger partial charge >= 0.3 is 0 Å². The number of amides is 1. The summed E-state index contributed by atoms with van der Waals surface area (Å²) in [6.45, 7) is 3.82. The van der Waals surface area contributed by atoms with Crippen LogP contribution in [0, 0.1) is 5.92 Å². The fourth-order valence-corrected chi connectivity index (χ4v) is 0.981. The van der Waals surface area contributed by atoms with Gasteiger partial charge in [-0.05, 0) is 6.42 Å². The minimum absolute atomic E-state index is 0.0567. The highest BCUT2D eigenvalue weighted by Gasteiger charge is 2.24. The third-order valence-electron chi connectivity index (χ3n) is 2.14. The molecule has 1 rings (SSSR count). The summed E-state index contributed by atoms with van der Waals surface area (Å²) < 4.78 is 0. The van der Waals surface area contributed by atoms with Crippen LogP contribution >= 0.6 is 0 Å². The summed E-state index contributed by atoms with van der Waals surface area (Å²) in [6.07, 6.45) is 0.283. The van der Waals surface area contributed by atoms with Crippen molar-refractivity contribution in [3.05, 3.63) is 0 Å². The van der Waals surface area contributed by atoms with Crippen LogP contribution in [0.2, 0.25) is 0 Å². The summed E-state index contributed by atoms with van der Waals surface area (Å²) in [6, 6.07) is 0. The smallest absolute Gasteiger partial charge is 0.225 e. The van der Waals surface area contributed by atoms with Gasteiger partial charge in [0.15, 0.2) is 0 Å². The van der Waals surface area contributed by atoms with Gasteiger partial charge in [0, 0.05) is 19.6 Å². The van der Waals surface area contributed by atoms with E-state index >= 15 is 0 Å². The minimum Gasteiger partial charge on any atom is -0.391 e. The molecule has 12 heavy (non-hydrogen) atoms. The van der Waals surface area contributed by atoms with E-state index in [1.807, 2.05) is 6.92 Å². The maximum Gasteiger partial charge on any atom is 0.225 e. The molecule has 0 aliphatic carbocycles. The second-order valence-corrected chi connectivity index (χ2v) is 3.16. The molecule has 0 radical (unpaired) electrons. The van der Waals surface area contributed by atoms with E-state index in [4.69, 9.17) is 5.11 Å². The molecule has 1 fully saturated rings. The number of hydrogen-bond donors (Lipinski definition) is 3. The van der Waals surface area contributed by atoms with Crippen molar-refractivity contribution in [2.24, 2.45) is 5.92 Å². The molecule has 0 aromatic carbocycles. The van der Waals surface area contributed by atoms with Crippen LogP contribution in [0.4, 0.5) is 0 Å². The molecule has 0 spiro atoms. The summed E-state index contributed by atoms with van der Waals surface area (Å²) in [7, 11) is 0. The standard InChI is InChI=1S/C8H16N2O2/c1-2-7(11)5-10-8(12)6-3-9-4-6/h6-7,9,11H,2-5H2,1H3,(H,10,12). The van der Waals surface area contributed by atoms with Crippen LogP contribution in [-0.4, -0.2) is 36.8 Å². The Morgan fingerprint density at radius 1 is 1.75 bits per heavy atom.